The normalized spacial score (nSPS) is 18.5. The molecule has 0 spiro atoms. The molecular formula is C14H17BrN2O2. The van der Waals surface area contributed by atoms with Crippen LogP contribution in [0.1, 0.15) is 29.3 Å². The van der Waals surface area contributed by atoms with Gasteiger partial charge in [-0.1, -0.05) is 11.6 Å². The van der Waals surface area contributed by atoms with Crippen molar-refractivity contribution in [3.05, 3.63) is 33.8 Å². The van der Waals surface area contributed by atoms with E-state index in [1.54, 1.807) is 4.90 Å². The molecule has 0 radical (unpaired) electrons. The molecule has 2 rings (SSSR count). The third-order valence-corrected chi connectivity index (χ3v) is 3.93. The first kappa shape index (κ1) is 14.1. The summed E-state index contributed by atoms with van der Waals surface area (Å²) in [4.78, 5) is 25.2. The van der Waals surface area contributed by atoms with Gasteiger partial charge in [0.1, 0.15) is 0 Å². The van der Waals surface area contributed by atoms with E-state index in [2.05, 4.69) is 21.2 Å². The number of halogens is 1. The quantitative estimate of drug-likeness (QED) is 0.905. The molecule has 1 aliphatic rings. The van der Waals surface area contributed by atoms with E-state index in [0.29, 0.717) is 18.7 Å². The first-order chi connectivity index (χ1) is 8.97. The number of nitrogens with zero attached hydrogens (tertiary/aromatic N) is 1. The largest absolute Gasteiger partial charge is 0.352 e. The van der Waals surface area contributed by atoms with Crippen LogP contribution < -0.4 is 5.32 Å². The first-order valence-corrected chi connectivity index (χ1v) is 7.09. The van der Waals surface area contributed by atoms with Crippen molar-refractivity contribution >= 4 is 27.7 Å². The second-order valence-electron chi connectivity index (χ2n) is 4.92. The average molecular weight is 325 g/mol. The first-order valence-electron chi connectivity index (χ1n) is 6.30. The Morgan fingerprint density at radius 3 is 2.84 bits per heavy atom. The van der Waals surface area contributed by atoms with Gasteiger partial charge < -0.3 is 10.2 Å². The van der Waals surface area contributed by atoms with E-state index in [1.807, 2.05) is 25.1 Å². The summed E-state index contributed by atoms with van der Waals surface area (Å²) >= 11 is 3.42. The van der Waals surface area contributed by atoms with Crippen molar-refractivity contribution in [3.8, 4) is 0 Å². The molecule has 1 aliphatic heterocycles. The van der Waals surface area contributed by atoms with Crippen molar-refractivity contribution < 1.29 is 9.59 Å². The summed E-state index contributed by atoms with van der Waals surface area (Å²) in [7, 11) is 0. The summed E-state index contributed by atoms with van der Waals surface area (Å²) in [6.07, 6.45) is 0.814. The number of rotatable bonds is 2. The maximum absolute atomic E-state index is 12.4. The third-order valence-electron chi connectivity index (χ3n) is 3.24. The molecule has 1 atom stereocenters. The van der Waals surface area contributed by atoms with Gasteiger partial charge in [-0.25, -0.2) is 0 Å². The van der Waals surface area contributed by atoms with Crippen molar-refractivity contribution in [3.63, 3.8) is 0 Å². The van der Waals surface area contributed by atoms with Crippen molar-refractivity contribution in [1.82, 2.24) is 10.2 Å². The minimum absolute atomic E-state index is 0.0171. The van der Waals surface area contributed by atoms with Crippen LogP contribution in [0.3, 0.4) is 0 Å². The highest BCUT2D eigenvalue weighted by molar-refractivity contribution is 9.10. The number of likely N-dealkylation sites (tertiary alicyclic amines) is 1. The number of carbonyl (C=O) groups excluding carboxylic acids is 2. The maximum atomic E-state index is 12.4. The van der Waals surface area contributed by atoms with Crippen LogP contribution in [-0.4, -0.2) is 35.8 Å². The summed E-state index contributed by atoms with van der Waals surface area (Å²) in [5, 5.41) is 2.86. The van der Waals surface area contributed by atoms with Gasteiger partial charge in [-0.05, 0) is 41.4 Å². The van der Waals surface area contributed by atoms with Gasteiger partial charge in [0.15, 0.2) is 0 Å². The Morgan fingerprint density at radius 2 is 2.16 bits per heavy atom. The van der Waals surface area contributed by atoms with Gasteiger partial charge in [0.05, 0.1) is 5.56 Å². The number of aryl methyl sites for hydroxylation is 1. The lowest BCUT2D eigenvalue weighted by Crippen LogP contribution is -2.37. The van der Waals surface area contributed by atoms with Gasteiger partial charge in [-0.2, -0.15) is 0 Å². The monoisotopic (exact) mass is 324 g/mol. The Morgan fingerprint density at radius 1 is 1.42 bits per heavy atom. The zero-order chi connectivity index (χ0) is 14.0. The Bertz CT molecular complexity index is 516. The van der Waals surface area contributed by atoms with Crippen LogP contribution in [0.15, 0.2) is 22.7 Å². The molecule has 4 nitrogen and oxygen atoms in total. The van der Waals surface area contributed by atoms with Crippen LogP contribution in [0.5, 0.6) is 0 Å². The fourth-order valence-corrected chi connectivity index (χ4v) is 2.74. The molecule has 19 heavy (non-hydrogen) atoms. The lowest BCUT2D eigenvalue weighted by atomic mass is 10.1. The highest BCUT2D eigenvalue weighted by Crippen LogP contribution is 2.22. The molecular weight excluding hydrogens is 308 g/mol. The van der Waals surface area contributed by atoms with Crippen molar-refractivity contribution in [1.29, 1.82) is 0 Å². The molecule has 0 aliphatic carbocycles. The summed E-state index contributed by atoms with van der Waals surface area (Å²) in [6, 6.07) is 5.82. The Kier molecular flexibility index (Phi) is 4.24. The van der Waals surface area contributed by atoms with Crippen LogP contribution in [-0.2, 0) is 4.79 Å². The maximum Gasteiger partial charge on any atom is 0.255 e. The number of hydrogen-bond acceptors (Lipinski definition) is 2. The van der Waals surface area contributed by atoms with Gasteiger partial charge in [0.2, 0.25) is 5.91 Å². The number of carbonyl (C=O) groups is 2. The van der Waals surface area contributed by atoms with E-state index in [0.717, 1.165) is 16.5 Å². The van der Waals surface area contributed by atoms with Gasteiger partial charge >= 0.3 is 0 Å². The van der Waals surface area contributed by atoms with E-state index >= 15 is 0 Å². The fraction of sp³-hybridized carbons (Fsp3) is 0.429. The van der Waals surface area contributed by atoms with E-state index in [-0.39, 0.29) is 17.9 Å². The average Bonchev–Trinajstić information content (AvgIpc) is 2.79. The third kappa shape index (κ3) is 3.35. The summed E-state index contributed by atoms with van der Waals surface area (Å²) in [6.45, 7) is 4.73. The van der Waals surface area contributed by atoms with Crippen LogP contribution in [0, 0.1) is 6.92 Å². The van der Waals surface area contributed by atoms with Gasteiger partial charge in [-0.3, -0.25) is 9.59 Å². The lowest BCUT2D eigenvalue weighted by molar-refractivity contribution is -0.119. The topological polar surface area (TPSA) is 49.4 Å². The Labute approximate surface area is 121 Å². The molecule has 1 fully saturated rings. The van der Waals surface area contributed by atoms with Gasteiger partial charge in [0, 0.05) is 30.5 Å². The van der Waals surface area contributed by atoms with Crippen molar-refractivity contribution in [2.45, 2.75) is 26.3 Å². The predicted molar refractivity (Wildman–Crippen MR) is 77.0 cm³/mol. The SMILES string of the molecule is CC(=O)NC1CCN(C(=O)c2cc(C)ccc2Br)C1. The van der Waals surface area contributed by atoms with Crippen molar-refractivity contribution in [2.24, 2.45) is 0 Å². The van der Waals surface area contributed by atoms with E-state index in [4.69, 9.17) is 0 Å². The molecule has 1 unspecified atom stereocenters. The molecule has 0 saturated carbocycles. The molecule has 5 heteroatoms. The molecule has 1 N–H and O–H groups in total. The molecule has 0 aromatic heterocycles. The smallest absolute Gasteiger partial charge is 0.255 e. The molecule has 102 valence electrons. The lowest BCUT2D eigenvalue weighted by Gasteiger charge is -2.18. The van der Waals surface area contributed by atoms with Crippen molar-refractivity contribution in [2.75, 3.05) is 13.1 Å². The number of hydrogen-bond donors (Lipinski definition) is 1. The molecule has 1 aromatic carbocycles. The highest BCUT2D eigenvalue weighted by Gasteiger charge is 2.28. The van der Waals surface area contributed by atoms with Crippen LogP contribution in [0.25, 0.3) is 0 Å². The van der Waals surface area contributed by atoms with Gasteiger partial charge in [-0.15, -0.1) is 0 Å². The van der Waals surface area contributed by atoms with E-state index < -0.39 is 0 Å². The van der Waals surface area contributed by atoms with Crippen LogP contribution in [0.4, 0.5) is 0 Å². The zero-order valence-corrected chi connectivity index (χ0v) is 12.7. The number of nitrogens with one attached hydrogen (secondary N) is 1. The number of amides is 2. The molecule has 1 heterocycles. The standard InChI is InChI=1S/C14H17BrN2O2/c1-9-3-4-13(15)12(7-9)14(19)17-6-5-11(8-17)16-10(2)18/h3-4,7,11H,5-6,8H2,1-2H3,(H,16,18). The Hall–Kier alpha value is -1.36. The summed E-state index contributed by atoms with van der Waals surface area (Å²) < 4.78 is 0.811. The predicted octanol–water partition coefficient (Wildman–Crippen LogP) is 2.11. The minimum atomic E-state index is -0.0453. The van der Waals surface area contributed by atoms with E-state index in [1.165, 1.54) is 6.92 Å². The summed E-state index contributed by atoms with van der Waals surface area (Å²) in [5.41, 5.74) is 1.74. The van der Waals surface area contributed by atoms with Crippen LogP contribution in [0.2, 0.25) is 0 Å². The number of benzene rings is 1. The molecule has 1 aromatic rings. The van der Waals surface area contributed by atoms with Crippen LogP contribution >= 0.6 is 15.9 Å². The second-order valence-corrected chi connectivity index (χ2v) is 5.77. The van der Waals surface area contributed by atoms with E-state index in [9.17, 15) is 9.59 Å². The second kappa shape index (κ2) is 5.74. The van der Waals surface area contributed by atoms with Gasteiger partial charge in [0.25, 0.3) is 5.91 Å². The molecule has 1 saturated heterocycles. The Balaban J connectivity index is 2.09. The molecule has 0 bridgehead atoms. The minimum Gasteiger partial charge on any atom is -0.352 e. The fourth-order valence-electron chi connectivity index (χ4n) is 2.32. The summed E-state index contributed by atoms with van der Waals surface area (Å²) in [5.74, 6) is -0.0283. The highest BCUT2D eigenvalue weighted by atomic mass is 79.9. The zero-order valence-electron chi connectivity index (χ0n) is 11.1. The molecule has 2 amide bonds.